The van der Waals surface area contributed by atoms with E-state index in [0.717, 1.165) is 24.5 Å². The molecule has 1 heterocycles. The minimum absolute atomic E-state index is 0. The zero-order valence-electron chi connectivity index (χ0n) is 16.7. The Labute approximate surface area is 187 Å². The summed E-state index contributed by atoms with van der Waals surface area (Å²) in [5, 5.41) is 17.0. The minimum atomic E-state index is -1.04. The van der Waals surface area contributed by atoms with Gasteiger partial charge in [0.1, 0.15) is 0 Å². The summed E-state index contributed by atoms with van der Waals surface area (Å²) in [5.74, 6) is 1.13. The molecule has 1 aliphatic rings. The third-order valence-electron chi connectivity index (χ3n) is 4.18. The molecule has 9 heteroatoms. The molecule has 2 rings (SSSR count). The van der Waals surface area contributed by atoms with Crippen molar-refractivity contribution in [1.29, 1.82) is 0 Å². The number of nitrogens with zero attached hydrogens (tertiary/aromatic N) is 2. The Morgan fingerprint density at radius 1 is 1.29 bits per heavy atom. The van der Waals surface area contributed by atoms with Crippen LogP contribution in [0.4, 0.5) is 0 Å². The molecule has 2 atom stereocenters. The van der Waals surface area contributed by atoms with Gasteiger partial charge in [-0.05, 0) is 26.0 Å². The van der Waals surface area contributed by atoms with Gasteiger partial charge < -0.3 is 20.5 Å². The average molecular weight is 524 g/mol. The Kier molecular flexibility index (Phi) is 12.2. The Bertz CT molecular complexity index is 610. The molecule has 2 unspecified atom stereocenters. The lowest BCUT2D eigenvalue weighted by Gasteiger charge is -2.33. The number of β-amino-alcohol motifs (C(OH)–C–C–N with tert-alkyl or cyclic N) is 1. The van der Waals surface area contributed by atoms with Gasteiger partial charge in [0.2, 0.25) is 0 Å². The predicted molar refractivity (Wildman–Crippen MR) is 125 cm³/mol. The van der Waals surface area contributed by atoms with Crippen molar-refractivity contribution in [2.45, 2.75) is 24.3 Å². The first-order chi connectivity index (χ1) is 13.0. The van der Waals surface area contributed by atoms with Crippen LogP contribution in [0.15, 0.2) is 40.2 Å². The van der Waals surface area contributed by atoms with Crippen LogP contribution in [0.2, 0.25) is 0 Å². The second-order valence-corrected chi connectivity index (χ2v) is 8.44. The number of morpholine rings is 1. The van der Waals surface area contributed by atoms with E-state index in [-0.39, 0.29) is 24.0 Å². The van der Waals surface area contributed by atoms with Gasteiger partial charge in [0, 0.05) is 43.4 Å². The quantitative estimate of drug-likeness (QED) is 0.255. The normalized spacial score (nSPS) is 18.6. The van der Waals surface area contributed by atoms with Gasteiger partial charge in [-0.15, -0.1) is 24.0 Å². The number of rotatable bonds is 9. The number of benzene rings is 1. The largest absolute Gasteiger partial charge is 0.387 e. The van der Waals surface area contributed by atoms with E-state index in [1.807, 2.05) is 37.3 Å². The lowest BCUT2D eigenvalue weighted by atomic mass is 10.1. The lowest BCUT2D eigenvalue weighted by Crippen LogP contribution is -2.48. The van der Waals surface area contributed by atoms with E-state index in [1.165, 1.54) is 0 Å². The number of aliphatic hydroxyl groups is 1. The second-order valence-electron chi connectivity index (χ2n) is 6.87. The van der Waals surface area contributed by atoms with Crippen molar-refractivity contribution in [3.8, 4) is 0 Å². The lowest BCUT2D eigenvalue weighted by molar-refractivity contribution is -0.0179. The molecule has 0 aromatic heterocycles. The fourth-order valence-electron chi connectivity index (χ4n) is 2.83. The zero-order valence-corrected chi connectivity index (χ0v) is 19.9. The number of hydrogen-bond donors (Lipinski definition) is 3. The summed E-state index contributed by atoms with van der Waals surface area (Å²) >= 11 is 0. The summed E-state index contributed by atoms with van der Waals surface area (Å²) in [5.41, 5.74) is -0.910. The predicted octanol–water partition coefficient (Wildman–Crippen LogP) is 1.05. The highest BCUT2D eigenvalue weighted by Crippen LogP contribution is 2.09. The molecule has 1 aliphatic heterocycles. The molecule has 0 bridgehead atoms. The number of hydrogen-bond acceptors (Lipinski definition) is 5. The first-order valence-electron chi connectivity index (χ1n) is 9.48. The maximum absolute atomic E-state index is 12.3. The van der Waals surface area contributed by atoms with Crippen molar-refractivity contribution >= 4 is 40.7 Å². The summed E-state index contributed by atoms with van der Waals surface area (Å²) in [4.78, 5) is 7.53. The van der Waals surface area contributed by atoms with Gasteiger partial charge in [0.15, 0.2) is 5.96 Å². The van der Waals surface area contributed by atoms with Crippen LogP contribution >= 0.6 is 24.0 Å². The van der Waals surface area contributed by atoms with Crippen LogP contribution in [0.3, 0.4) is 0 Å². The van der Waals surface area contributed by atoms with Gasteiger partial charge in [-0.1, -0.05) is 18.2 Å². The molecule has 0 aliphatic carbocycles. The van der Waals surface area contributed by atoms with E-state index in [0.29, 0.717) is 44.6 Å². The van der Waals surface area contributed by atoms with Crippen molar-refractivity contribution in [3.05, 3.63) is 30.3 Å². The van der Waals surface area contributed by atoms with Gasteiger partial charge in [-0.2, -0.15) is 0 Å². The number of ether oxygens (including phenoxy) is 1. The molecule has 1 saturated heterocycles. The Hall–Kier alpha value is -0.750. The SMILES string of the molecule is CCNC(=NCC(C)(O)CN1CCOCC1)NCCS(=O)c1ccccc1.I. The average Bonchev–Trinajstić information content (AvgIpc) is 2.67. The number of nitrogens with one attached hydrogen (secondary N) is 2. The first kappa shape index (κ1) is 25.3. The summed E-state index contributed by atoms with van der Waals surface area (Å²) in [6, 6.07) is 9.44. The van der Waals surface area contributed by atoms with Crippen molar-refractivity contribution in [2.75, 3.05) is 58.2 Å². The van der Waals surface area contributed by atoms with Gasteiger partial charge in [-0.25, -0.2) is 0 Å². The Balaban J connectivity index is 0.00000392. The highest BCUT2D eigenvalue weighted by atomic mass is 127. The molecule has 28 heavy (non-hydrogen) atoms. The molecule has 3 N–H and O–H groups in total. The zero-order chi connectivity index (χ0) is 19.5. The van der Waals surface area contributed by atoms with Crippen LogP contribution in [-0.2, 0) is 15.5 Å². The van der Waals surface area contributed by atoms with E-state index in [4.69, 9.17) is 4.74 Å². The monoisotopic (exact) mass is 524 g/mol. The molecule has 0 radical (unpaired) electrons. The van der Waals surface area contributed by atoms with E-state index in [1.54, 1.807) is 6.92 Å². The van der Waals surface area contributed by atoms with Crippen LogP contribution in [0.5, 0.6) is 0 Å². The van der Waals surface area contributed by atoms with Crippen LogP contribution in [-0.4, -0.2) is 84.0 Å². The molecule has 160 valence electrons. The van der Waals surface area contributed by atoms with E-state index < -0.39 is 16.4 Å². The summed E-state index contributed by atoms with van der Waals surface area (Å²) in [6.07, 6.45) is 0. The molecule has 0 spiro atoms. The molecule has 0 amide bonds. The van der Waals surface area contributed by atoms with Crippen LogP contribution in [0, 0.1) is 0 Å². The Morgan fingerprint density at radius 3 is 2.61 bits per heavy atom. The smallest absolute Gasteiger partial charge is 0.191 e. The topological polar surface area (TPSA) is 86.2 Å². The molecule has 1 aromatic rings. The molecular formula is C19H33IN4O3S. The fraction of sp³-hybridized carbons (Fsp3) is 0.632. The number of guanidine groups is 1. The van der Waals surface area contributed by atoms with E-state index in [9.17, 15) is 9.32 Å². The molecule has 1 aromatic carbocycles. The van der Waals surface area contributed by atoms with Gasteiger partial charge in [0.25, 0.3) is 0 Å². The standard InChI is InChI=1S/C19H32N4O3S.HI/c1-3-20-18(21-9-14-27(25)17-7-5-4-6-8-17)22-15-19(2,24)16-23-10-12-26-13-11-23;/h4-8,24H,3,9-16H2,1-2H3,(H2,20,21,22);1H. The second kappa shape index (κ2) is 13.5. The first-order valence-corrected chi connectivity index (χ1v) is 10.8. The highest BCUT2D eigenvalue weighted by molar-refractivity contribution is 14.0. The number of halogens is 1. The number of aliphatic imine (C=N–C) groups is 1. The van der Waals surface area contributed by atoms with Crippen molar-refractivity contribution in [3.63, 3.8) is 0 Å². The summed E-state index contributed by atoms with van der Waals surface area (Å²) in [7, 11) is -1.04. The van der Waals surface area contributed by atoms with Crippen molar-refractivity contribution < 1.29 is 14.1 Å². The maximum Gasteiger partial charge on any atom is 0.191 e. The summed E-state index contributed by atoms with van der Waals surface area (Å²) < 4.78 is 17.6. The van der Waals surface area contributed by atoms with Crippen molar-refractivity contribution in [1.82, 2.24) is 15.5 Å². The van der Waals surface area contributed by atoms with Crippen molar-refractivity contribution in [2.24, 2.45) is 4.99 Å². The molecular weight excluding hydrogens is 491 g/mol. The molecule has 0 saturated carbocycles. The third kappa shape index (κ3) is 9.64. The van der Waals surface area contributed by atoms with Crippen LogP contribution < -0.4 is 10.6 Å². The fourth-order valence-corrected chi connectivity index (χ4v) is 3.82. The van der Waals surface area contributed by atoms with Gasteiger partial charge >= 0.3 is 0 Å². The van der Waals surface area contributed by atoms with E-state index >= 15 is 0 Å². The Morgan fingerprint density at radius 2 is 1.96 bits per heavy atom. The molecule has 1 fully saturated rings. The highest BCUT2D eigenvalue weighted by Gasteiger charge is 2.25. The van der Waals surface area contributed by atoms with E-state index in [2.05, 4.69) is 20.5 Å². The third-order valence-corrected chi connectivity index (χ3v) is 5.55. The molecule has 7 nitrogen and oxygen atoms in total. The maximum atomic E-state index is 12.3. The minimum Gasteiger partial charge on any atom is -0.387 e. The summed E-state index contributed by atoms with van der Waals surface area (Å²) in [6.45, 7) is 9.01. The van der Waals surface area contributed by atoms with Gasteiger partial charge in [0.05, 0.1) is 36.2 Å². The van der Waals surface area contributed by atoms with Crippen LogP contribution in [0.1, 0.15) is 13.8 Å². The van der Waals surface area contributed by atoms with Crippen LogP contribution in [0.25, 0.3) is 0 Å². The van der Waals surface area contributed by atoms with Gasteiger partial charge in [-0.3, -0.25) is 14.1 Å².